The summed E-state index contributed by atoms with van der Waals surface area (Å²) in [5.41, 5.74) is 0. The Bertz CT molecular complexity index is 495. The number of nitrogens with one attached hydrogen (secondary N) is 8. The third kappa shape index (κ3) is 4.30. The highest BCUT2D eigenvalue weighted by Gasteiger charge is 2.42. The van der Waals surface area contributed by atoms with Crippen LogP contribution in [0, 0.1) is 23.7 Å². The van der Waals surface area contributed by atoms with Gasteiger partial charge in [-0.2, -0.15) is 0 Å². The number of rotatable bonds is 0. The maximum atomic E-state index is 3.90. The molecule has 0 aromatic carbocycles. The Morgan fingerprint density at radius 1 is 0.367 bits per heavy atom. The van der Waals surface area contributed by atoms with E-state index in [0.717, 1.165) is 0 Å². The smallest absolute Gasteiger partial charge is 0.0625 e. The van der Waals surface area contributed by atoms with Crippen LogP contribution in [0.3, 0.4) is 0 Å². The molecule has 5 aliphatic rings. The summed E-state index contributed by atoms with van der Waals surface area (Å²) < 4.78 is 0. The summed E-state index contributed by atoms with van der Waals surface area (Å²) in [6.07, 6.45) is 10.1. The molecular weight excluding hydrogens is 376 g/mol. The maximum absolute atomic E-state index is 3.90. The normalized spacial score (nSPS) is 54.8. The minimum Gasteiger partial charge on any atom is -0.286 e. The van der Waals surface area contributed by atoms with E-state index >= 15 is 0 Å². The van der Waals surface area contributed by atoms with Crippen molar-refractivity contribution in [1.29, 1.82) is 0 Å². The molecule has 0 radical (unpaired) electrons. The summed E-state index contributed by atoms with van der Waals surface area (Å²) in [5, 5.41) is 31.1. The van der Waals surface area contributed by atoms with Gasteiger partial charge < -0.3 is 0 Å². The van der Waals surface area contributed by atoms with Crippen LogP contribution < -0.4 is 42.5 Å². The minimum absolute atomic E-state index is 0.340. The van der Waals surface area contributed by atoms with E-state index in [9.17, 15) is 0 Å². The topological polar surface area (TPSA) is 96.2 Å². The Balaban J connectivity index is 1.35. The maximum Gasteiger partial charge on any atom is 0.0625 e. The monoisotopic (exact) mass is 420 g/mol. The van der Waals surface area contributed by atoms with Gasteiger partial charge in [-0.25, -0.2) is 0 Å². The molecule has 0 aliphatic carbocycles. The van der Waals surface area contributed by atoms with E-state index in [4.69, 9.17) is 0 Å². The second-order valence-electron chi connectivity index (χ2n) is 10.8. The summed E-state index contributed by atoms with van der Waals surface area (Å²) in [6.45, 7) is 9.53. The highest BCUT2D eigenvalue weighted by molar-refractivity contribution is 4.98. The lowest BCUT2D eigenvalue weighted by atomic mass is 9.94. The molecule has 8 bridgehead atoms. The van der Waals surface area contributed by atoms with Gasteiger partial charge in [0.2, 0.25) is 0 Å². The Morgan fingerprint density at radius 2 is 0.633 bits per heavy atom. The van der Waals surface area contributed by atoms with Crippen LogP contribution >= 0.6 is 0 Å². The van der Waals surface area contributed by atoms with Crippen molar-refractivity contribution in [2.24, 2.45) is 23.7 Å². The van der Waals surface area contributed by atoms with Crippen molar-refractivity contribution in [3.63, 3.8) is 0 Å². The van der Waals surface area contributed by atoms with Crippen LogP contribution in [0.1, 0.15) is 66.2 Å². The van der Waals surface area contributed by atoms with Gasteiger partial charge in [-0.3, -0.25) is 42.5 Å². The summed E-state index contributed by atoms with van der Waals surface area (Å²) in [7, 11) is 0. The lowest BCUT2D eigenvalue weighted by Crippen LogP contribution is -2.66. The molecule has 8 heteroatoms. The summed E-state index contributed by atoms with van der Waals surface area (Å²) in [6, 6.07) is 0. The van der Waals surface area contributed by atoms with Gasteiger partial charge in [0.1, 0.15) is 0 Å². The molecule has 0 amide bonds. The van der Waals surface area contributed by atoms with Crippen LogP contribution in [0.4, 0.5) is 0 Å². The van der Waals surface area contributed by atoms with Gasteiger partial charge in [0.15, 0.2) is 0 Å². The molecule has 12 unspecified atom stereocenters. The molecule has 5 saturated heterocycles. The van der Waals surface area contributed by atoms with Crippen LogP contribution in [0.15, 0.2) is 0 Å². The molecule has 0 aromatic rings. The zero-order valence-corrected chi connectivity index (χ0v) is 19.2. The first kappa shape index (κ1) is 21.5. The third-order valence-corrected chi connectivity index (χ3v) is 8.78. The van der Waals surface area contributed by atoms with Gasteiger partial charge in [-0.15, -0.1) is 0 Å². The third-order valence-electron chi connectivity index (χ3n) is 8.78. The summed E-state index contributed by atoms with van der Waals surface area (Å²) in [5.74, 6) is 2.35. The van der Waals surface area contributed by atoms with E-state index in [-0.39, 0.29) is 0 Å². The molecular formula is C22H44N8. The number of piperidine rings is 2. The first-order valence-electron chi connectivity index (χ1n) is 12.6. The molecule has 0 spiro atoms. The average Bonchev–Trinajstić information content (AvgIpc) is 3.13. The number of hydrogen-bond acceptors (Lipinski definition) is 8. The molecule has 0 saturated carbocycles. The van der Waals surface area contributed by atoms with Gasteiger partial charge in [0.05, 0.1) is 49.3 Å². The van der Waals surface area contributed by atoms with Gasteiger partial charge >= 0.3 is 0 Å². The van der Waals surface area contributed by atoms with Crippen LogP contribution in [0.25, 0.3) is 0 Å². The Kier molecular flexibility index (Phi) is 6.39. The van der Waals surface area contributed by atoms with Crippen LogP contribution in [0.5, 0.6) is 0 Å². The Morgan fingerprint density at radius 3 is 0.900 bits per heavy atom. The number of hydrogen-bond donors (Lipinski definition) is 8. The molecule has 8 nitrogen and oxygen atoms in total. The van der Waals surface area contributed by atoms with E-state index in [2.05, 4.69) is 70.2 Å². The summed E-state index contributed by atoms with van der Waals surface area (Å²) >= 11 is 0. The number of fused-ring (bicyclic) bond motifs is 8. The predicted molar refractivity (Wildman–Crippen MR) is 120 cm³/mol. The molecule has 30 heavy (non-hydrogen) atoms. The van der Waals surface area contributed by atoms with Crippen molar-refractivity contribution in [1.82, 2.24) is 42.5 Å². The van der Waals surface area contributed by atoms with E-state index in [1.54, 1.807) is 0 Å². The molecule has 8 N–H and O–H groups in total. The quantitative estimate of drug-likeness (QED) is 0.283. The van der Waals surface area contributed by atoms with Gasteiger partial charge in [0, 0.05) is 0 Å². The first-order valence-corrected chi connectivity index (χ1v) is 12.6. The largest absolute Gasteiger partial charge is 0.286 e. The van der Waals surface area contributed by atoms with Crippen molar-refractivity contribution >= 4 is 0 Å². The molecule has 5 heterocycles. The van der Waals surface area contributed by atoms with E-state index in [0.29, 0.717) is 73.0 Å². The minimum atomic E-state index is 0.340. The molecule has 5 rings (SSSR count). The lowest BCUT2D eigenvalue weighted by Gasteiger charge is -2.38. The van der Waals surface area contributed by atoms with Gasteiger partial charge in [0.25, 0.3) is 0 Å². The standard InChI is InChI=1S/C22H44N8/c1-11-12(2)20-26-16-8-6-10-18(24-16)28-22-14(4)13(3)21(30-22)27-17-9-5-7-15(23-17)25-19(11)29-20/h11-30H,5-10H2,1-4H3. The fraction of sp³-hybridized carbons (Fsp3) is 1.00. The molecule has 12 atom stereocenters. The van der Waals surface area contributed by atoms with Crippen molar-refractivity contribution in [3.8, 4) is 0 Å². The highest BCUT2D eigenvalue weighted by atomic mass is 15.4. The van der Waals surface area contributed by atoms with E-state index in [1.165, 1.54) is 38.5 Å². The fourth-order valence-electron chi connectivity index (χ4n) is 6.27. The summed E-state index contributed by atoms with van der Waals surface area (Å²) in [4.78, 5) is 0. The fourth-order valence-corrected chi connectivity index (χ4v) is 6.27. The van der Waals surface area contributed by atoms with E-state index in [1.807, 2.05) is 0 Å². The second kappa shape index (κ2) is 8.90. The predicted octanol–water partition coefficient (Wildman–Crippen LogP) is 0.265. The Labute approximate surface area is 182 Å². The first-order chi connectivity index (χ1) is 14.5. The van der Waals surface area contributed by atoms with Crippen molar-refractivity contribution in [3.05, 3.63) is 0 Å². The SMILES string of the molecule is CC1C2NC3CCCC(N3)NC3NC(NC4CCCC(N4)NC(N2)C1C)C(C)C3C. The van der Waals surface area contributed by atoms with Crippen LogP contribution in [-0.2, 0) is 0 Å². The second-order valence-corrected chi connectivity index (χ2v) is 10.8. The zero-order valence-electron chi connectivity index (χ0n) is 19.2. The molecule has 172 valence electrons. The van der Waals surface area contributed by atoms with Crippen molar-refractivity contribution < 1.29 is 0 Å². The van der Waals surface area contributed by atoms with Crippen LogP contribution in [0.2, 0.25) is 0 Å². The van der Waals surface area contributed by atoms with E-state index < -0.39 is 0 Å². The highest BCUT2D eigenvalue weighted by Crippen LogP contribution is 2.28. The zero-order chi connectivity index (χ0) is 20.8. The average molecular weight is 421 g/mol. The van der Waals surface area contributed by atoms with Gasteiger partial charge in [-0.1, -0.05) is 27.7 Å². The van der Waals surface area contributed by atoms with Gasteiger partial charge in [-0.05, 0) is 62.2 Å². The van der Waals surface area contributed by atoms with Crippen LogP contribution in [-0.4, -0.2) is 49.3 Å². The molecule has 0 aromatic heterocycles. The van der Waals surface area contributed by atoms with Crippen molar-refractivity contribution in [2.45, 2.75) is 116 Å². The van der Waals surface area contributed by atoms with Crippen molar-refractivity contribution in [2.75, 3.05) is 0 Å². The lowest BCUT2D eigenvalue weighted by molar-refractivity contribution is 0.181. The Hall–Kier alpha value is -0.320. The molecule has 5 aliphatic heterocycles. The molecule has 5 fully saturated rings.